The molecule has 2 aromatic rings. The van der Waals surface area contributed by atoms with Gasteiger partial charge in [-0.2, -0.15) is 0 Å². The van der Waals surface area contributed by atoms with Gasteiger partial charge in [0.05, 0.1) is 10.5 Å². The summed E-state index contributed by atoms with van der Waals surface area (Å²) in [4.78, 5) is 36.1. The number of carbonyl (C=O) groups is 2. The number of fused-ring (bicyclic) bond motifs is 1. The standard InChI is InChI=1S/C18H14F2N2O5/c19-13-6-12(7-14(20)9-13)18(24)27-10-17(23)21-5-1-2-11-8-15(22(25)26)3-4-16(11)21/h3-4,6-9H,1-2,5,10H2. The maximum atomic E-state index is 13.2. The van der Waals surface area contributed by atoms with Gasteiger partial charge in [0.2, 0.25) is 0 Å². The molecule has 0 aliphatic carbocycles. The third-order valence-electron chi connectivity index (χ3n) is 4.12. The molecular weight excluding hydrogens is 362 g/mol. The first kappa shape index (κ1) is 18.4. The van der Waals surface area contributed by atoms with E-state index in [1.807, 2.05) is 0 Å². The first-order valence-corrected chi connectivity index (χ1v) is 8.06. The normalized spacial score (nSPS) is 13.0. The van der Waals surface area contributed by atoms with E-state index in [2.05, 4.69) is 0 Å². The van der Waals surface area contributed by atoms with E-state index in [4.69, 9.17) is 4.74 Å². The molecule has 1 aliphatic heterocycles. The first-order chi connectivity index (χ1) is 12.8. The molecule has 1 heterocycles. The van der Waals surface area contributed by atoms with Crippen molar-refractivity contribution in [3.05, 3.63) is 69.3 Å². The third-order valence-corrected chi connectivity index (χ3v) is 4.12. The summed E-state index contributed by atoms with van der Waals surface area (Å²) in [6.07, 6.45) is 1.19. The molecule has 140 valence electrons. The number of non-ortho nitro benzene ring substituents is 1. The SMILES string of the molecule is O=C(OCC(=O)N1CCCc2cc([N+](=O)[O-])ccc21)c1cc(F)cc(F)c1. The smallest absolute Gasteiger partial charge is 0.338 e. The number of ether oxygens (including phenoxy) is 1. The Morgan fingerprint density at radius 1 is 1.15 bits per heavy atom. The number of nitrogens with zero attached hydrogens (tertiary/aromatic N) is 2. The van der Waals surface area contributed by atoms with Crippen LogP contribution in [0.1, 0.15) is 22.3 Å². The zero-order valence-electron chi connectivity index (χ0n) is 14.0. The number of benzene rings is 2. The van der Waals surface area contributed by atoms with Crippen molar-refractivity contribution >= 4 is 23.3 Å². The second-order valence-corrected chi connectivity index (χ2v) is 5.95. The van der Waals surface area contributed by atoms with Crippen molar-refractivity contribution in [1.29, 1.82) is 0 Å². The molecule has 0 aromatic heterocycles. The number of carbonyl (C=O) groups excluding carboxylic acids is 2. The summed E-state index contributed by atoms with van der Waals surface area (Å²) in [5.41, 5.74) is 0.768. The zero-order valence-corrected chi connectivity index (χ0v) is 14.0. The number of anilines is 1. The van der Waals surface area contributed by atoms with Gasteiger partial charge in [-0.3, -0.25) is 14.9 Å². The maximum Gasteiger partial charge on any atom is 0.338 e. The van der Waals surface area contributed by atoms with Crippen LogP contribution >= 0.6 is 0 Å². The van der Waals surface area contributed by atoms with Gasteiger partial charge < -0.3 is 9.64 Å². The zero-order chi connectivity index (χ0) is 19.6. The summed E-state index contributed by atoms with van der Waals surface area (Å²) in [5.74, 6) is -3.42. The lowest BCUT2D eigenvalue weighted by atomic mass is 10.0. The molecule has 27 heavy (non-hydrogen) atoms. The summed E-state index contributed by atoms with van der Waals surface area (Å²) in [6.45, 7) is -0.247. The molecule has 0 fully saturated rings. The topological polar surface area (TPSA) is 89.8 Å². The predicted molar refractivity (Wildman–Crippen MR) is 90.4 cm³/mol. The quantitative estimate of drug-likeness (QED) is 0.465. The molecule has 3 rings (SSSR count). The Labute approximate surface area is 152 Å². The molecule has 0 N–H and O–H groups in total. The van der Waals surface area contributed by atoms with Crippen LogP contribution in [0.5, 0.6) is 0 Å². The molecule has 1 amide bonds. The number of amides is 1. The van der Waals surface area contributed by atoms with Gasteiger partial charge in [0.1, 0.15) is 11.6 Å². The highest BCUT2D eigenvalue weighted by molar-refractivity contribution is 5.98. The number of esters is 1. The molecule has 0 bridgehead atoms. The number of nitro groups is 1. The fourth-order valence-electron chi connectivity index (χ4n) is 2.92. The van der Waals surface area contributed by atoms with Crippen LogP contribution in [0, 0.1) is 21.7 Å². The third kappa shape index (κ3) is 4.08. The Bertz CT molecular complexity index is 912. The number of nitro benzene ring substituents is 1. The van der Waals surface area contributed by atoms with Gasteiger partial charge in [-0.1, -0.05) is 0 Å². The maximum absolute atomic E-state index is 13.2. The molecule has 0 atom stereocenters. The summed E-state index contributed by atoms with van der Waals surface area (Å²) in [6, 6.07) is 6.43. The number of rotatable bonds is 4. The van der Waals surface area contributed by atoms with Crippen molar-refractivity contribution < 1.29 is 28.0 Å². The molecular formula is C18H14F2N2O5. The van der Waals surface area contributed by atoms with E-state index in [-0.39, 0.29) is 11.3 Å². The summed E-state index contributed by atoms with van der Waals surface area (Å²) in [7, 11) is 0. The molecule has 7 nitrogen and oxygen atoms in total. The van der Waals surface area contributed by atoms with E-state index < -0.39 is 35.0 Å². The predicted octanol–water partition coefficient (Wildman–Crippen LogP) is 3.01. The Balaban J connectivity index is 1.70. The average Bonchev–Trinajstić information content (AvgIpc) is 2.64. The van der Waals surface area contributed by atoms with Gasteiger partial charge in [-0.15, -0.1) is 0 Å². The summed E-state index contributed by atoms with van der Waals surface area (Å²) < 4.78 is 31.2. The minimum atomic E-state index is -1.03. The lowest BCUT2D eigenvalue weighted by molar-refractivity contribution is -0.384. The summed E-state index contributed by atoms with van der Waals surface area (Å²) >= 11 is 0. The molecule has 9 heteroatoms. The highest BCUT2D eigenvalue weighted by atomic mass is 19.1. The second kappa shape index (κ2) is 7.48. The lowest BCUT2D eigenvalue weighted by Crippen LogP contribution is -2.38. The minimum absolute atomic E-state index is 0.0670. The minimum Gasteiger partial charge on any atom is -0.452 e. The van der Waals surface area contributed by atoms with E-state index in [9.17, 15) is 28.5 Å². The van der Waals surface area contributed by atoms with Gasteiger partial charge in [-0.05, 0) is 36.6 Å². The van der Waals surface area contributed by atoms with Crippen LogP contribution in [-0.2, 0) is 16.0 Å². The van der Waals surface area contributed by atoms with Crippen LogP contribution in [-0.4, -0.2) is 30.0 Å². The second-order valence-electron chi connectivity index (χ2n) is 5.95. The Morgan fingerprint density at radius 2 is 1.85 bits per heavy atom. The number of aryl methyl sites for hydroxylation is 1. The molecule has 2 aromatic carbocycles. The van der Waals surface area contributed by atoms with E-state index in [1.165, 1.54) is 23.1 Å². The van der Waals surface area contributed by atoms with Crippen LogP contribution in [0.2, 0.25) is 0 Å². The molecule has 0 spiro atoms. The molecule has 0 unspecified atom stereocenters. The van der Waals surface area contributed by atoms with E-state index in [0.717, 1.165) is 12.1 Å². The van der Waals surface area contributed by atoms with Crippen molar-refractivity contribution in [2.75, 3.05) is 18.1 Å². The van der Waals surface area contributed by atoms with Crippen LogP contribution in [0.3, 0.4) is 0 Å². The molecule has 0 radical (unpaired) electrons. The van der Waals surface area contributed by atoms with Crippen LogP contribution in [0.15, 0.2) is 36.4 Å². The summed E-state index contributed by atoms with van der Waals surface area (Å²) in [5, 5.41) is 10.9. The fraction of sp³-hybridized carbons (Fsp3) is 0.222. The van der Waals surface area contributed by atoms with Gasteiger partial charge in [0.25, 0.3) is 11.6 Å². The highest BCUT2D eigenvalue weighted by Gasteiger charge is 2.25. The van der Waals surface area contributed by atoms with Gasteiger partial charge in [0, 0.05) is 30.4 Å². The number of hydrogen-bond donors (Lipinski definition) is 0. The molecule has 0 saturated heterocycles. The monoisotopic (exact) mass is 376 g/mol. The van der Waals surface area contributed by atoms with Crippen molar-refractivity contribution in [3.8, 4) is 0 Å². The van der Waals surface area contributed by atoms with E-state index >= 15 is 0 Å². The van der Waals surface area contributed by atoms with E-state index in [1.54, 1.807) is 0 Å². The van der Waals surface area contributed by atoms with Crippen LogP contribution < -0.4 is 4.90 Å². The Hall–Kier alpha value is -3.36. The highest BCUT2D eigenvalue weighted by Crippen LogP contribution is 2.30. The van der Waals surface area contributed by atoms with Crippen LogP contribution in [0.25, 0.3) is 0 Å². The van der Waals surface area contributed by atoms with E-state index in [0.29, 0.717) is 36.7 Å². The number of hydrogen-bond acceptors (Lipinski definition) is 5. The molecule has 1 aliphatic rings. The van der Waals surface area contributed by atoms with Crippen LogP contribution in [0.4, 0.5) is 20.2 Å². The fourth-order valence-corrected chi connectivity index (χ4v) is 2.92. The Morgan fingerprint density at radius 3 is 2.52 bits per heavy atom. The van der Waals surface area contributed by atoms with Crippen molar-refractivity contribution in [2.24, 2.45) is 0 Å². The van der Waals surface area contributed by atoms with Gasteiger partial charge in [0.15, 0.2) is 6.61 Å². The van der Waals surface area contributed by atoms with Crippen molar-refractivity contribution in [3.63, 3.8) is 0 Å². The number of halogens is 2. The van der Waals surface area contributed by atoms with Crippen molar-refractivity contribution in [2.45, 2.75) is 12.8 Å². The van der Waals surface area contributed by atoms with Gasteiger partial charge in [-0.25, -0.2) is 13.6 Å². The van der Waals surface area contributed by atoms with Gasteiger partial charge >= 0.3 is 5.97 Å². The molecule has 0 saturated carbocycles. The first-order valence-electron chi connectivity index (χ1n) is 8.06. The van der Waals surface area contributed by atoms with Crippen molar-refractivity contribution in [1.82, 2.24) is 0 Å². The largest absolute Gasteiger partial charge is 0.452 e. The Kier molecular flexibility index (Phi) is 5.11. The average molecular weight is 376 g/mol. The lowest BCUT2D eigenvalue weighted by Gasteiger charge is -2.29.